The molecule has 2 N–H and O–H groups in total. The first-order chi connectivity index (χ1) is 18.0. The van der Waals surface area contributed by atoms with Gasteiger partial charge in [0.15, 0.2) is 5.82 Å². The third-order valence-corrected chi connectivity index (χ3v) is 7.62. The van der Waals surface area contributed by atoms with Gasteiger partial charge in [0.05, 0.1) is 35.0 Å². The molecule has 10 heteroatoms. The van der Waals surface area contributed by atoms with E-state index in [9.17, 15) is 8.78 Å². The van der Waals surface area contributed by atoms with Gasteiger partial charge in [0.2, 0.25) is 0 Å². The van der Waals surface area contributed by atoms with E-state index in [2.05, 4.69) is 42.7 Å². The Morgan fingerprint density at radius 1 is 1.05 bits per heavy atom. The molecule has 7 nitrogen and oxygen atoms in total. The maximum Gasteiger partial charge on any atom is 0.261 e. The molecule has 1 aliphatic rings. The van der Waals surface area contributed by atoms with E-state index in [-0.39, 0.29) is 13.0 Å². The number of likely N-dealkylation sites (tertiary alicyclic amines) is 1. The Bertz CT molecular complexity index is 1740. The van der Waals surface area contributed by atoms with Gasteiger partial charge in [-0.05, 0) is 35.2 Å². The minimum Gasteiger partial charge on any atom is -0.337 e. The Morgan fingerprint density at radius 2 is 2.00 bits per heavy atom. The molecule has 1 aliphatic heterocycles. The number of para-hydroxylation sites is 1. The maximum atomic E-state index is 13.6. The number of hydrogen-bond acceptors (Lipinski definition) is 6. The monoisotopic (exact) mass is 513 g/mol. The molecule has 0 aliphatic carbocycles. The summed E-state index contributed by atoms with van der Waals surface area (Å²) >= 11 is 1.68. The molecule has 0 radical (unpaired) electrons. The predicted octanol–water partition coefficient (Wildman–Crippen LogP) is 6.13. The summed E-state index contributed by atoms with van der Waals surface area (Å²) in [6.07, 6.45) is 5.11. The lowest BCUT2D eigenvalue weighted by Gasteiger charge is -2.15. The van der Waals surface area contributed by atoms with Crippen molar-refractivity contribution in [2.24, 2.45) is 0 Å². The first-order valence-electron chi connectivity index (χ1n) is 11.9. The number of thiophene rings is 1. The van der Waals surface area contributed by atoms with E-state index in [1.807, 2.05) is 30.3 Å². The van der Waals surface area contributed by atoms with Crippen LogP contribution in [0, 0.1) is 0 Å². The number of alkyl halides is 2. The Labute approximate surface area is 214 Å². The van der Waals surface area contributed by atoms with E-state index in [4.69, 9.17) is 4.98 Å². The van der Waals surface area contributed by atoms with E-state index in [1.54, 1.807) is 34.8 Å². The summed E-state index contributed by atoms with van der Waals surface area (Å²) in [5.41, 5.74) is 6.84. The number of rotatable bonds is 5. The van der Waals surface area contributed by atoms with Crippen LogP contribution >= 0.6 is 11.3 Å². The zero-order valence-corrected chi connectivity index (χ0v) is 20.4. The fourth-order valence-electron chi connectivity index (χ4n) is 4.94. The molecule has 0 bridgehead atoms. The number of nitrogens with zero attached hydrogens (tertiary/aromatic N) is 5. The second kappa shape index (κ2) is 8.53. The van der Waals surface area contributed by atoms with Crippen LogP contribution in [0.2, 0.25) is 0 Å². The third-order valence-electron chi connectivity index (χ3n) is 6.72. The summed E-state index contributed by atoms with van der Waals surface area (Å²) in [7, 11) is 0. The highest BCUT2D eigenvalue weighted by Gasteiger charge is 2.37. The molecule has 5 aromatic heterocycles. The van der Waals surface area contributed by atoms with Crippen molar-refractivity contribution < 1.29 is 8.78 Å². The number of hydrogen-bond donors (Lipinski definition) is 2. The molecule has 1 saturated heterocycles. The first kappa shape index (κ1) is 22.2. The highest BCUT2D eigenvalue weighted by molar-refractivity contribution is 7.13. The van der Waals surface area contributed by atoms with E-state index in [0.29, 0.717) is 24.6 Å². The number of fused-ring (bicyclic) bond motifs is 2. The van der Waals surface area contributed by atoms with E-state index < -0.39 is 5.92 Å². The zero-order valence-electron chi connectivity index (χ0n) is 19.6. The fraction of sp³-hybridized carbons (Fsp3) is 0.185. The van der Waals surface area contributed by atoms with Crippen LogP contribution < -0.4 is 0 Å². The molecule has 1 aromatic carbocycles. The molecule has 37 heavy (non-hydrogen) atoms. The van der Waals surface area contributed by atoms with Crippen molar-refractivity contribution in [2.75, 3.05) is 13.1 Å². The van der Waals surface area contributed by atoms with Gasteiger partial charge in [-0.25, -0.2) is 13.8 Å². The predicted molar refractivity (Wildman–Crippen MR) is 140 cm³/mol. The minimum atomic E-state index is -2.61. The second-order valence-electron chi connectivity index (χ2n) is 9.35. The Balaban J connectivity index is 1.24. The summed E-state index contributed by atoms with van der Waals surface area (Å²) in [4.78, 5) is 20.2. The average molecular weight is 514 g/mol. The topological polar surface area (TPSA) is 86.4 Å². The lowest BCUT2D eigenvalue weighted by Crippen LogP contribution is -2.24. The van der Waals surface area contributed by atoms with Crippen molar-refractivity contribution in [1.82, 2.24) is 35.0 Å². The van der Waals surface area contributed by atoms with Gasteiger partial charge in [-0.3, -0.25) is 20.0 Å². The van der Waals surface area contributed by atoms with Crippen molar-refractivity contribution >= 4 is 33.3 Å². The van der Waals surface area contributed by atoms with E-state index >= 15 is 0 Å². The molecule has 7 rings (SSSR count). The van der Waals surface area contributed by atoms with Crippen LogP contribution in [0.25, 0.3) is 55.2 Å². The normalized spacial score (nSPS) is 15.7. The van der Waals surface area contributed by atoms with Crippen molar-refractivity contribution in [3.63, 3.8) is 0 Å². The summed E-state index contributed by atoms with van der Waals surface area (Å²) in [5.74, 6) is -1.94. The van der Waals surface area contributed by atoms with Gasteiger partial charge < -0.3 is 4.98 Å². The maximum absolute atomic E-state index is 13.6. The largest absolute Gasteiger partial charge is 0.337 e. The van der Waals surface area contributed by atoms with Gasteiger partial charge >= 0.3 is 0 Å². The van der Waals surface area contributed by atoms with Crippen LogP contribution in [-0.2, 0) is 6.54 Å². The van der Waals surface area contributed by atoms with Crippen molar-refractivity contribution in [1.29, 1.82) is 0 Å². The molecular weight excluding hydrogens is 492 g/mol. The van der Waals surface area contributed by atoms with E-state index in [0.717, 1.165) is 49.2 Å². The number of imidazole rings is 1. The van der Waals surface area contributed by atoms with Crippen LogP contribution in [-0.4, -0.2) is 54.0 Å². The molecule has 0 saturated carbocycles. The average Bonchev–Trinajstić information content (AvgIpc) is 3.69. The molecule has 1 fully saturated rings. The quantitative estimate of drug-likeness (QED) is 0.290. The van der Waals surface area contributed by atoms with Crippen LogP contribution in [0.15, 0.2) is 66.4 Å². The second-order valence-corrected chi connectivity index (χ2v) is 10.3. The number of aromatic amines is 2. The lowest BCUT2D eigenvalue weighted by molar-refractivity contribution is 0.0115. The van der Waals surface area contributed by atoms with Crippen LogP contribution in [0.5, 0.6) is 0 Å². The summed E-state index contributed by atoms with van der Waals surface area (Å²) in [6, 6.07) is 14.2. The summed E-state index contributed by atoms with van der Waals surface area (Å²) in [5, 5.41) is 10.5. The van der Waals surface area contributed by atoms with Gasteiger partial charge in [-0.2, -0.15) is 5.10 Å². The Hall–Kier alpha value is -4.02. The first-order valence-corrected chi connectivity index (χ1v) is 12.8. The van der Waals surface area contributed by atoms with Gasteiger partial charge in [0, 0.05) is 53.3 Å². The standard InChI is InChI=1S/C27H21F2N7S/c28-27(29)6-7-36(15-27)14-16-9-17(12-30-11-16)21-10-19-22(13-31-21)34-35-25(19)26-32-20-4-1-3-18(24(20)33-26)23-5-2-8-37-23/h1-5,8-13H,6-7,14-15H2,(H,32,33)(H,34,35). The summed E-state index contributed by atoms with van der Waals surface area (Å²) < 4.78 is 27.2. The van der Waals surface area contributed by atoms with E-state index in [1.165, 1.54) is 0 Å². The molecule has 6 aromatic rings. The molecule has 0 atom stereocenters. The summed E-state index contributed by atoms with van der Waals surface area (Å²) in [6.45, 7) is 0.595. The molecule has 6 heterocycles. The van der Waals surface area contributed by atoms with Crippen molar-refractivity contribution in [3.05, 3.63) is 72.0 Å². The van der Waals surface area contributed by atoms with Crippen LogP contribution in [0.1, 0.15) is 12.0 Å². The Kier molecular flexibility index (Phi) is 5.12. The number of pyridine rings is 2. The molecule has 0 unspecified atom stereocenters. The van der Waals surface area contributed by atoms with Gasteiger partial charge in [-0.15, -0.1) is 11.3 Å². The number of aromatic nitrogens is 6. The highest BCUT2D eigenvalue weighted by atomic mass is 32.1. The number of H-pyrrole nitrogens is 2. The smallest absolute Gasteiger partial charge is 0.261 e. The molecule has 0 amide bonds. The fourth-order valence-corrected chi connectivity index (χ4v) is 5.70. The van der Waals surface area contributed by atoms with Crippen LogP contribution in [0.3, 0.4) is 0 Å². The van der Waals surface area contributed by atoms with Crippen molar-refractivity contribution in [2.45, 2.75) is 18.9 Å². The molecule has 184 valence electrons. The number of benzene rings is 1. The molecule has 0 spiro atoms. The third kappa shape index (κ3) is 4.08. The van der Waals surface area contributed by atoms with Crippen molar-refractivity contribution in [3.8, 4) is 33.2 Å². The van der Waals surface area contributed by atoms with Gasteiger partial charge in [-0.1, -0.05) is 18.2 Å². The highest BCUT2D eigenvalue weighted by Crippen LogP contribution is 2.34. The SMILES string of the molecule is FC1(F)CCN(Cc2cncc(-c3cc4c(-c5nc6c(-c7cccs7)cccc6[nH]5)n[nH]c4cn3)c2)C1. The molecular formula is C27H21F2N7S. The van der Waals surface area contributed by atoms with Gasteiger partial charge in [0.1, 0.15) is 5.69 Å². The Morgan fingerprint density at radius 3 is 2.84 bits per heavy atom. The zero-order chi connectivity index (χ0) is 25.0. The van der Waals surface area contributed by atoms with Gasteiger partial charge in [0.25, 0.3) is 5.92 Å². The lowest BCUT2D eigenvalue weighted by atomic mass is 10.1. The van der Waals surface area contributed by atoms with Crippen LogP contribution in [0.4, 0.5) is 8.78 Å². The minimum absolute atomic E-state index is 0.0990. The number of nitrogens with one attached hydrogen (secondary N) is 2. The number of halogens is 2.